The van der Waals surface area contributed by atoms with Crippen LogP contribution in [0.2, 0.25) is 0 Å². The lowest BCUT2D eigenvalue weighted by atomic mass is 10.5. The minimum Gasteiger partial charge on any atom is -0.463 e. The van der Waals surface area contributed by atoms with E-state index < -0.39 is 0 Å². The van der Waals surface area contributed by atoms with E-state index in [1.54, 1.807) is 0 Å². The zero-order valence-electron chi connectivity index (χ0n) is 6.42. The highest BCUT2D eigenvalue weighted by Crippen LogP contribution is 1.81. The molecular weight excluding hydrogens is 146 g/mol. The van der Waals surface area contributed by atoms with Crippen LogP contribution in [0.4, 0.5) is 0 Å². The van der Waals surface area contributed by atoms with Crippen molar-refractivity contribution in [2.75, 3.05) is 6.61 Å². The summed E-state index contributed by atoms with van der Waals surface area (Å²) in [6.07, 6.45) is 2.77. The number of ether oxygens (including phenoxy) is 1. The molecule has 0 unspecified atom stereocenters. The first-order valence-electron chi connectivity index (χ1n) is 3.06. The van der Waals surface area contributed by atoms with E-state index in [-0.39, 0.29) is 5.97 Å². The van der Waals surface area contributed by atoms with Gasteiger partial charge in [0.05, 0.1) is 6.61 Å². The third-order valence-corrected chi connectivity index (χ3v) is 0.615. The van der Waals surface area contributed by atoms with Crippen LogP contribution >= 0.6 is 0 Å². The molecule has 0 amide bonds. The standard InChI is InChI=1S/C6H10O2.CHNO/c1-3-5-8-6(7)4-2;2-1-3/h4H,2-3,5H2,1H3;2H. The lowest BCUT2D eigenvalue weighted by Gasteiger charge is -1.94. The van der Waals surface area contributed by atoms with Crippen molar-refractivity contribution in [3.63, 3.8) is 0 Å². The van der Waals surface area contributed by atoms with Crippen LogP contribution in [0.25, 0.3) is 0 Å². The molecule has 0 radical (unpaired) electrons. The second kappa shape index (κ2) is 11.4. The van der Waals surface area contributed by atoms with E-state index >= 15 is 0 Å². The van der Waals surface area contributed by atoms with Gasteiger partial charge in [0, 0.05) is 6.08 Å². The van der Waals surface area contributed by atoms with Gasteiger partial charge in [0.15, 0.2) is 0 Å². The van der Waals surface area contributed by atoms with E-state index in [1.807, 2.05) is 6.92 Å². The number of rotatable bonds is 3. The van der Waals surface area contributed by atoms with Gasteiger partial charge in [-0.1, -0.05) is 13.5 Å². The van der Waals surface area contributed by atoms with E-state index in [9.17, 15) is 4.79 Å². The Morgan fingerprint density at radius 1 is 1.82 bits per heavy atom. The Morgan fingerprint density at radius 2 is 2.27 bits per heavy atom. The maximum Gasteiger partial charge on any atom is 0.330 e. The van der Waals surface area contributed by atoms with Gasteiger partial charge in [0.25, 0.3) is 0 Å². The minimum absolute atomic E-state index is 0.341. The zero-order chi connectivity index (χ0) is 9.11. The highest BCUT2D eigenvalue weighted by molar-refractivity contribution is 5.81. The predicted molar refractivity (Wildman–Crippen MR) is 39.9 cm³/mol. The van der Waals surface area contributed by atoms with Gasteiger partial charge >= 0.3 is 5.97 Å². The molecule has 0 spiro atoms. The highest BCUT2D eigenvalue weighted by Gasteiger charge is 1.89. The van der Waals surface area contributed by atoms with Crippen molar-refractivity contribution < 1.29 is 14.3 Å². The first-order chi connectivity index (χ1) is 5.22. The monoisotopic (exact) mass is 157 g/mol. The summed E-state index contributed by atoms with van der Waals surface area (Å²) >= 11 is 0. The van der Waals surface area contributed by atoms with Gasteiger partial charge in [-0.15, -0.1) is 0 Å². The smallest absolute Gasteiger partial charge is 0.330 e. The maximum absolute atomic E-state index is 10.2. The molecule has 1 N–H and O–H groups in total. The summed E-state index contributed by atoms with van der Waals surface area (Å²) in [5.41, 5.74) is 0. The summed E-state index contributed by atoms with van der Waals surface area (Å²) in [5.74, 6) is -0.341. The number of carbonyl (C=O) groups is 1. The molecule has 62 valence electrons. The highest BCUT2D eigenvalue weighted by atomic mass is 16.5. The van der Waals surface area contributed by atoms with Crippen molar-refractivity contribution in [1.29, 1.82) is 5.41 Å². The van der Waals surface area contributed by atoms with Gasteiger partial charge < -0.3 is 4.74 Å². The van der Waals surface area contributed by atoms with Crippen molar-refractivity contribution >= 4 is 12.0 Å². The van der Waals surface area contributed by atoms with E-state index in [0.29, 0.717) is 6.61 Å². The summed E-state index contributed by atoms with van der Waals surface area (Å²) in [6, 6.07) is 0. The molecule has 0 aliphatic heterocycles. The van der Waals surface area contributed by atoms with Gasteiger partial charge in [-0.05, 0) is 6.42 Å². The third kappa shape index (κ3) is 17.7. The van der Waals surface area contributed by atoms with Crippen molar-refractivity contribution in [2.24, 2.45) is 0 Å². The quantitative estimate of drug-likeness (QED) is 0.288. The van der Waals surface area contributed by atoms with Gasteiger partial charge in [-0.25, -0.2) is 15.0 Å². The fourth-order valence-electron chi connectivity index (χ4n) is 0.262. The van der Waals surface area contributed by atoms with Crippen LogP contribution in [0.3, 0.4) is 0 Å². The Morgan fingerprint density at radius 3 is 2.55 bits per heavy atom. The van der Waals surface area contributed by atoms with Crippen molar-refractivity contribution in [2.45, 2.75) is 13.3 Å². The Bertz CT molecular complexity index is 148. The second-order valence-electron chi connectivity index (χ2n) is 1.47. The van der Waals surface area contributed by atoms with Crippen LogP contribution in [0, 0.1) is 5.41 Å². The molecule has 0 atom stereocenters. The summed E-state index contributed by atoms with van der Waals surface area (Å²) in [4.78, 5) is 18.6. The zero-order valence-corrected chi connectivity index (χ0v) is 6.42. The molecule has 0 aliphatic rings. The second-order valence-corrected chi connectivity index (χ2v) is 1.47. The first-order valence-corrected chi connectivity index (χ1v) is 3.06. The molecule has 0 rings (SSSR count). The van der Waals surface area contributed by atoms with Crippen molar-refractivity contribution in [3.05, 3.63) is 12.7 Å². The van der Waals surface area contributed by atoms with Crippen LogP contribution < -0.4 is 0 Å². The summed E-state index contributed by atoms with van der Waals surface area (Å²) in [6.45, 7) is 5.67. The van der Waals surface area contributed by atoms with Gasteiger partial charge in [-0.2, -0.15) is 0 Å². The number of isocyanates is 1. The first kappa shape index (κ1) is 12.3. The van der Waals surface area contributed by atoms with E-state index in [0.717, 1.165) is 18.6 Å². The molecule has 0 saturated heterocycles. The Labute approximate surface area is 65.4 Å². The van der Waals surface area contributed by atoms with E-state index in [4.69, 9.17) is 10.2 Å². The molecule has 0 aromatic rings. The summed E-state index contributed by atoms with van der Waals surface area (Å²) < 4.78 is 4.58. The number of esters is 1. The number of hydrogen-bond donors (Lipinski definition) is 1. The van der Waals surface area contributed by atoms with Crippen LogP contribution in [0.15, 0.2) is 12.7 Å². The average molecular weight is 157 g/mol. The largest absolute Gasteiger partial charge is 0.463 e. The molecule has 0 aromatic heterocycles. The summed E-state index contributed by atoms with van der Waals surface area (Å²) in [7, 11) is 0. The van der Waals surface area contributed by atoms with E-state index in [1.165, 1.54) is 0 Å². The van der Waals surface area contributed by atoms with Crippen LogP contribution in [-0.4, -0.2) is 18.7 Å². The van der Waals surface area contributed by atoms with E-state index in [2.05, 4.69) is 11.3 Å². The molecule has 0 fully saturated rings. The molecule has 0 aliphatic carbocycles. The fraction of sp³-hybridized carbons (Fsp3) is 0.429. The maximum atomic E-state index is 10.2. The topological polar surface area (TPSA) is 67.2 Å². The molecular formula is C7H11NO3. The average Bonchev–Trinajstić information content (AvgIpc) is 2.02. The fourth-order valence-corrected chi connectivity index (χ4v) is 0.262. The lowest BCUT2D eigenvalue weighted by Crippen LogP contribution is -1.99. The van der Waals surface area contributed by atoms with Gasteiger partial charge in [0.2, 0.25) is 6.08 Å². The molecule has 4 nitrogen and oxygen atoms in total. The van der Waals surface area contributed by atoms with Crippen LogP contribution in [0.1, 0.15) is 13.3 Å². The van der Waals surface area contributed by atoms with Gasteiger partial charge in [0.1, 0.15) is 0 Å². The molecule has 0 saturated carbocycles. The van der Waals surface area contributed by atoms with Crippen molar-refractivity contribution in [3.8, 4) is 0 Å². The molecule has 0 heterocycles. The molecule has 11 heavy (non-hydrogen) atoms. The Hall–Kier alpha value is -1.41. The molecule has 4 heteroatoms. The third-order valence-electron chi connectivity index (χ3n) is 0.615. The number of hydrogen-bond acceptors (Lipinski definition) is 4. The molecule has 0 aromatic carbocycles. The normalized spacial score (nSPS) is 6.64. The predicted octanol–water partition coefficient (Wildman–Crippen LogP) is 1.03. The Kier molecular flexibility index (Phi) is 12.7. The molecule has 0 bridgehead atoms. The van der Waals surface area contributed by atoms with Crippen molar-refractivity contribution in [1.82, 2.24) is 0 Å². The Balaban J connectivity index is 0. The van der Waals surface area contributed by atoms with Crippen LogP contribution in [0.5, 0.6) is 0 Å². The number of carbonyl (C=O) groups excluding carboxylic acids is 2. The lowest BCUT2D eigenvalue weighted by molar-refractivity contribution is -0.137. The minimum atomic E-state index is -0.341. The van der Waals surface area contributed by atoms with Gasteiger partial charge in [-0.3, -0.25) is 0 Å². The SMILES string of the molecule is C=CC(=O)OCCC.N=C=O. The summed E-state index contributed by atoms with van der Waals surface area (Å²) in [5, 5.41) is 5.40. The number of nitrogens with one attached hydrogen (secondary N) is 1. The van der Waals surface area contributed by atoms with Crippen LogP contribution in [-0.2, 0) is 14.3 Å².